The lowest BCUT2D eigenvalue weighted by Gasteiger charge is -2.10. The molecule has 1 amide bonds. The number of methoxy groups -OCH3 is 1. The third kappa shape index (κ3) is 5.03. The number of carbonyl (C=O) groups excluding carboxylic acids is 2. The van der Waals surface area contributed by atoms with E-state index in [1.807, 2.05) is 18.2 Å². The lowest BCUT2D eigenvalue weighted by atomic mass is 10.1. The molecule has 2 aromatic rings. The quantitative estimate of drug-likeness (QED) is 0.783. The number of rotatable bonds is 7. The zero-order valence-corrected chi connectivity index (χ0v) is 14.4. The van der Waals surface area contributed by atoms with E-state index in [0.29, 0.717) is 22.6 Å². The molecule has 1 N–H and O–H groups in total. The first-order valence-electron chi connectivity index (χ1n) is 7.37. The van der Waals surface area contributed by atoms with Gasteiger partial charge >= 0.3 is 0 Å². The second kappa shape index (κ2) is 8.40. The van der Waals surface area contributed by atoms with Gasteiger partial charge in [-0.1, -0.05) is 18.2 Å². The number of anilines is 1. The molecule has 0 spiro atoms. The van der Waals surface area contributed by atoms with Crippen LogP contribution >= 0.6 is 0 Å². The summed E-state index contributed by atoms with van der Waals surface area (Å²) in [6.45, 7) is 1.47. The standard InChI is InChI=1S/C18H19NO4S/c1-13(20)14-8-9-17(23-2)15(10-14)11-24(22)12-18(21)19-16-6-4-3-5-7-16/h3-10H,11-12H2,1-2H3,(H,19,21). The number of carbonyl (C=O) groups is 2. The highest BCUT2D eigenvalue weighted by Crippen LogP contribution is 2.22. The van der Waals surface area contributed by atoms with Crippen LogP contribution in [-0.4, -0.2) is 28.8 Å². The monoisotopic (exact) mass is 345 g/mol. The molecule has 0 radical (unpaired) electrons. The van der Waals surface area contributed by atoms with Crippen molar-refractivity contribution in [1.82, 2.24) is 0 Å². The van der Waals surface area contributed by atoms with Gasteiger partial charge in [0.15, 0.2) is 5.78 Å². The Kier molecular flexibility index (Phi) is 6.26. The number of hydrogen-bond acceptors (Lipinski definition) is 4. The minimum absolute atomic E-state index is 0.0773. The minimum Gasteiger partial charge on any atom is -0.496 e. The topological polar surface area (TPSA) is 72.5 Å². The predicted molar refractivity (Wildman–Crippen MR) is 94.8 cm³/mol. The largest absolute Gasteiger partial charge is 0.496 e. The number of para-hydroxylation sites is 1. The van der Waals surface area contributed by atoms with Crippen LogP contribution in [0.4, 0.5) is 5.69 Å². The summed E-state index contributed by atoms with van der Waals surface area (Å²) in [6, 6.07) is 14.0. The molecule has 0 aromatic heterocycles. The number of ketones is 1. The molecule has 5 nitrogen and oxygen atoms in total. The molecule has 0 fully saturated rings. The van der Waals surface area contributed by atoms with E-state index in [-0.39, 0.29) is 23.2 Å². The summed E-state index contributed by atoms with van der Waals surface area (Å²) < 4.78 is 17.5. The lowest BCUT2D eigenvalue weighted by Crippen LogP contribution is -2.20. The van der Waals surface area contributed by atoms with Crippen LogP contribution in [0.3, 0.4) is 0 Å². The fourth-order valence-corrected chi connectivity index (χ4v) is 3.24. The summed E-state index contributed by atoms with van der Waals surface area (Å²) in [5.74, 6) is 0.180. The molecule has 0 aliphatic rings. The maximum atomic E-state index is 12.3. The predicted octanol–water partition coefficient (Wildman–Crippen LogP) is 2.79. The van der Waals surface area contributed by atoms with E-state index in [1.54, 1.807) is 30.3 Å². The number of hydrogen-bond donors (Lipinski definition) is 1. The van der Waals surface area contributed by atoms with Gasteiger partial charge in [-0.15, -0.1) is 0 Å². The minimum atomic E-state index is -1.41. The van der Waals surface area contributed by atoms with Crippen LogP contribution in [0.2, 0.25) is 0 Å². The van der Waals surface area contributed by atoms with Crippen molar-refractivity contribution in [3.05, 3.63) is 59.7 Å². The molecule has 1 atom stereocenters. The number of nitrogens with one attached hydrogen (secondary N) is 1. The van der Waals surface area contributed by atoms with E-state index in [4.69, 9.17) is 4.74 Å². The van der Waals surface area contributed by atoms with Crippen LogP contribution in [0.15, 0.2) is 48.5 Å². The SMILES string of the molecule is COc1ccc(C(C)=O)cc1CS(=O)CC(=O)Nc1ccccc1. The van der Waals surface area contributed by atoms with Crippen molar-refractivity contribution in [1.29, 1.82) is 0 Å². The normalized spacial score (nSPS) is 11.6. The Morgan fingerprint density at radius 1 is 1.12 bits per heavy atom. The summed E-state index contributed by atoms with van der Waals surface area (Å²) in [5.41, 5.74) is 1.84. The number of benzene rings is 2. The van der Waals surface area contributed by atoms with Crippen LogP contribution < -0.4 is 10.1 Å². The molecule has 0 saturated carbocycles. The van der Waals surface area contributed by atoms with Gasteiger partial charge in [-0.05, 0) is 37.3 Å². The highest BCUT2D eigenvalue weighted by Gasteiger charge is 2.13. The third-order valence-electron chi connectivity index (χ3n) is 3.35. The van der Waals surface area contributed by atoms with Gasteiger partial charge in [0.25, 0.3) is 0 Å². The second-order valence-corrected chi connectivity index (χ2v) is 6.68. The lowest BCUT2D eigenvalue weighted by molar-refractivity contribution is -0.113. The Morgan fingerprint density at radius 2 is 1.83 bits per heavy atom. The Morgan fingerprint density at radius 3 is 2.46 bits per heavy atom. The first-order chi connectivity index (χ1) is 11.5. The smallest absolute Gasteiger partial charge is 0.237 e. The molecular formula is C18H19NO4S. The molecule has 2 rings (SSSR count). The zero-order valence-electron chi connectivity index (χ0n) is 13.6. The highest BCUT2D eigenvalue weighted by molar-refractivity contribution is 7.85. The Hall–Kier alpha value is -2.47. The summed E-state index contributed by atoms with van der Waals surface area (Å²) in [4.78, 5) is 23.4. The zero-order chi connectivity index (χ0) is 17.5. The van der Waals surface area contributed by atoms with E-state index in [2.05, 4.69) is 5.32 Å². The average Bonchev–Trinajstić information content (AvgIpc) is 2.55. The van der Waals surface area contributed by atoms with Crippen molar-refractivity contribution in [3.8, 4) is 5.75 Å². The van der Waals surface area contributed by atoms with Gasteiger partial charge in [-0.2, -0.15) is 0 Å². The van der Waals surface area contributed by atoms with Gasteiger partial charge in [-0.3, -0.25) is 13.8 Å². The van der Waals surface area contributed by atoms with E-state index in [9.17, 15) is 13.8 Å². The van der Waals surface area contributed by atoms with Crippen LogP contribution in [0.5, 0.6) is 5.75 Å². The van der Waals surface area contributed by atoms with E-state index >= 15 is 0 Å². The van der Waals surface area contributed by atoms with Gasteiger partial charge in [0.05, 0.1) is 12.9 Å². The number of amides is 1. The molecular weight excluding hydrogens is 326 g/mol. The molecule has 2 aromatic carbocycles. The molecule has 0 bridgehead atoms. The van der Waals surface area contributed by atoms with Crippen molar-refractivity contribution in [2.75, 3.05) is 18.2 Å². The van der Waals surface area contributed by atoms with E-state index < -0.39 is 10.8 Å². The van der Waals surface area contributed by atoms with Crippen molar-refractivity contribution in [3.63, 3.8) is 0 Å². The number of ether oxygens (including phenoxy) is 1. The number of Topliss-reactive ketones (excluding diaryl/α,β-unsaturated/α-hetero) is 1. The molecule has 0 heterocycles. The Bertz CT molecular complexity index is 759. The molecule has 0 aliphatic heterocycles. The molecule has 126 valence electrons. The molecule has 24 heavy (non-hydrogen) atoms. The molecule has 0 aliphatic carbocycles. The van der Waals surface area contributed by atoms with Gasteiger partial charge in [0.1, 0.15) is 11.5 Å². The van der Waals surface area contributed by atoms with Gasteiger partial charge < -0.3 is 10.1 Å². The first kappa shape index (κ1) is 17.9. The van der Waals surface area contributed by atoms with Gasteiger partial charge in [0, 0.05) is 27.6 Å². The fraction of sp³-hybridized carbons (Fsp3) is 0.222. The third-order valence-corrected chi connectivity index (χ3v) is 4.57. The van der Waals surface area contributed by atoms with Crippen molar-refractivity contribution >= 4 is 28.2 Å². The molecule has 0 saturated heterocycles. The summed E-state index contributed by atoms with van der Waals surface area (Å²) in [5, 5.41) is 2.70. The van der Waals surface area contributed by atoms with Gasteiger partial charge in [0.2, 0.25) is 5.91 Å². The van der Waals surface area contributed by atoms with E-state index in [0.717, 1.165) is 0 Å². The Labute approximate surface area is 143 Å². The van der Waals surface area contributed by atoms with Crippen LogP contribution in [-0.2, 0) is 21.3 Å². The van der Waals surface area contributed by atoms with Crippen LogP contribution in [0.25, 0.3) is 0 Å². The summed E-state index contributed by atoms with van der Waals surface area (Å²) in [6.07, 6.45) is 0. The first-order valence-corrected chi connectivity index (χ1v) is 8.86. The van der Waals surface area contributed by atoms with Crippen molar-refractivity contribution in [2.45, 2.75) is 12.7 Å². The molecule has 1 unspecified atom stereocenters. The average molecular weight is 345 g/mol. The van der Waals surface area contributed by atoms with Gasteiger partial charge in [-0.25, -0.2) is 0 Å². The summed E-state index contributed by atoms with van der Waals surface area (Å²) in [7, 11) is 0.0997. The van der Waals surface area contributed by atoms with Crippen molar-refractivity contribution in [2.24, 2.45) is 0 Å². The maximum Gasteiger partial charge on any atom is 0.237 e. The second-order valence-electron chi connectivity index (χ2n) is 5.23. The van der Waals surface area contributed by atoms with Crippen molar-refractivity contribution < 1.29 is 18.5 Å². The van der Waals surface area contributed by atoms with Crippen LogP contribution in [0, 0.1) is 0 Å². The fourth-order valence-electron chi connectivity index (χ4n) is 2.20. The Balaban J connectivity index is 2.02. The van der Waals surface area contributed by atoms with E-state index in [1.165, 1.54) is 14.0 Å². The van der Waals surface area contributed by atoms with Crippen LogP contribution in [0.1, 0.15) is 22.8 Å². The molecule has 6 heteroatoms. The maximum absolute atomic E-state index is 12.3. The highest BCUT2D eigenvalue weighted by atomic mass is 32.2. The summed E-state index contributed by atoms with van der Waals surface area (Å²) >= 11 is 0.